The zero-order valence-electron chi connectivity index (χ0n) is 13.1. The van der Waals surface area contributed by atoms with Gasteiger partial charge in [-0.1, -0.05) is 26.8 Å². The number of benzene rings is 1. The highest BCUT2D eigenvalue weighted by Crippen LogP contribution is 2.24. The molecule has 0 atom stereocenters. The largest absolute Gasteiger partial charge is 0.313 e. The number of hydrogen-bond donors (Lipinski definition) is 1. The molecule has 1 aromatic heterocycles. The minimum Gasteiger partial charge on any atom is -0.313 e. The van der Waals surface area contributed by atoms with Gasteiger partial charge in [-0.2, -0.15) is 5.10 Å². The Morgan fingerprint density at radius 3 is 2.57 bits per heavy atom. The lowest BCUT2D eigenvalue weighted by Crippen LogP contribution is -2.14. The first kappa shape index (κ1) is 16.2. The summed E-state index contributed by atoms with van der Waals surface area (Å²) >= 11 is 3.70. The Labute approximate surface area is 135 Å². The summed E-state index contributed by atoms with van der Waals surface area (Å²) in [5.41, 5.74) is 4.81. The monoisotopic (exact) mass is 349 g/mol. The van der Waals surface area contributed by atoms with Crippen molar-refractivity contribution >= 4 is 15.9 Å². The molecule has 1 N–H and O–H groups in total. The number of hydrogen-bond acceptors (Lipinski definition) is 2. The molecule has 0 spiro atoms. The number of halogens is 1. The fraction of sp³-hybridized carbons (Fsp3) is 0.471. The Morgan fingerprint density at radius 1 is 1.14 bits per heavy atom. The average Bonchev–Trinajstić information content (AvgIpc) is 2.91. The number of rotatable bonds is 7. The van der Waals surface area contributed by atoms with Gasteiger partial charge in [0.1, 0.15) is 0 Å². The molecule has 0 amide bonds. The molecule has 0 aliphatic rings. The maximum absolute atomic E-state index is 4.71. The van der Waals surface area contributed by atoms with Crippen molar-refractivity contribution in [2.24, 2.45) is 0 Å². The molecule has 2 aromatic rings. The van der Waals surface area contributed by atoms with E-state index in [0.29, 0.717) is 0 Å². The molecule has 0 aliphatic heterocycles. The van der Waals surface area contributed by atoms with E-state index in [1.54, 1.807) is 0 Å². The van der Waals surface area contributed by atoms with E-state index in [9.17, 15) is 0 Å². The van der Waals surface area contributed by atoms with Crippen molar-refractivity contribution in [3.05, 3.63) is 45.7 Å². The predicted molar refractivity (Wildman–Crippen MR) is 92.0 cm³/mol. The van der Waals surface area contributed by atoms with Crippen molar-refractivity contribution in [3.8, 4) is 5.69 Å². The van der Waals surface area contributed by atoms with Crippen LogP contribution in [0.1, 0.15) is 44.1 Å². The van der Waals surface area contributed by atoms with Gasteiger partial charge in [-0.25, -0.2) is 4.68 Å². The van der Waals surface area contributed by atoms with Crippen molar-refractivity contribution in [2.45, 2.75) is 46.6 Å². The number of aromatic nitrogens is 2. The minimum atomic E-state index is 0.909. The molecule has 0 fully saturated rings. The highest BCUT2D eigenvalue weighted by molar-refractivity contribution is 9.10. The highest BCUT2D eigenvalue weighted by atomic mass is 79.9. The fourth-order valence-corrected chi connectivity index (χ4v) is 2.94. The van der Waals surface area contributed by atoms with E-state index in [1.807, 2.05) is 0 Å². The Balaban J connectivity index is 2.26. The van der Waals surface area contributed by atoms with Crippen LogP contribution in [0.2, 0.25) is 0 Å². The predicted octanol–water partition coefficient (Wildman–Crippen LogP) is 4.26. The molecule has 0 saturated heterocycles. The second-order valence-electron chi connectivity index (χ2n) is 5.21. The van der Waals surface area contributed by atoms with E-state index in [-0.39, 0.29) is 0 Å². The summed E-state index contributed by atoms with van der Waals surface area (Å²) in [5.74, 6) is 0. The zero-order chi connectivity index (χ0) is 15.2. The lowest BCUT2D eigenvalue weighted by atomic mass is 10.2. The highest BCUT2D eigenvalue weighted by Gasteiger charge is 2.10. The van der Waals surface area contributed by atoms with Crippen molar-refractivity contribution < 1.29 is 0 Å². The van der Waals surface area contributed by atoms with Gasteiger partial charge in [-0.15, -0.1) is 0 Å². The molecule has 21 heavy (non-hydrogen) atoms. The molecule has 0 aliphatic carbocycles. The van der Waals surface area contributed by atoms with Gasteiger partial charge in [0.15, 0.2) is 0 Å². The molecule has 0 unspecified atom stereocenters. The Kier molecular flexibility index (Phi) is 6.00. The third-order valence-electron chi connectivity index (χ3n) is 3.55. The van der Waals surface area contributed by atoms with Crippen LogP contribution in [0.5, 0.6) is 0 Å². The summed E-state index contributed by atoms with van der Waals surface area (Å²) in [6.07, 6.45) is 3.11. The average molecular weight is 350 g/mol. The summed E-state index contributed by atoms with van der Waals surface area (Å²) in [4.78, 5) is 0. The van der Waals surface area contributed by atoms with Crippen molar-refractivity contribution in [1.29, 1.82) is 0 Å². The zero-order valence-corrected chi connectivity index (χ0v) is 14.7. The van der Waals surface area contributed by atoms with Crippen molar-refractivity contribution in [2.75, 3.05) is 6.54 Å². The maximum atomic E-state index is 4.71. The summed E-state index contributed by atoms with van der Waals surface area (Å²) in [6, 6.07) is 8.71. The van der Waals surface area contributed by atoms with Gasteiger partial charge in [0, 0.05) is 16.7 Å². The maximum Gasteiger partial charge on any atom is 0.0791 e. The van der Waals surface area contributed by atoms with E-state index < -0.39 is 0 Å². The van der Waals surface area contributed by atoms with Crippen molar-refractivity contribution in [3.63, 3.8) is 0 Å². The van der Waals surface area contributed by atoms with Gasteiger partial charge in [0.25, 0.3) is 0 Å². The molecule has 114 valence electrons. The summed E-state index contributed by atoms with van der Waals surface area (Å²) < 4.78 is 3.16. The van der Waals surface area contributed by atoms with E-state index in [2.05, 4.69) is 71.0 Å². The van der Waals surface area contributed by atoms with Gasteiger partial charge >= 0.3 is 0 Å². The number of nitrogens with one attached hydrogen (secondary N) is 1. The van der Waals surface area contributed by atoms with E-state index >= 15 is 0 Å². The molecule has 4 heteroatoms. The number of nitrogens with zero attached hydrogens (tertiary/aromatic N) is 2. The molecule has 1 heterocycles. The molecule has 1 aromatic carbocycles. The first-order valence-corrected chi connectivity index (χ1v) is 8.56. The second-order valence-corrected chi connectivity index (χ2v) is 6.06. The fourth-order valence-electron chi connectivity index (χ4n) is 2.35. The second kappa shape index (κ2) is 7.76. The van der Waals surface area contributed by atoms with Crippen LogP contribution in [-0.2, 0) is 19.4 Å². The number of aryl methyl sites for hydroxylation is 2. The van der Waals surface area contributed by atoms with Crippen LogP contribution in [0.3, 0.4) is 0 Å². The minimum absolute atomic E-state index is 0.909. The molecule has 0 radical (unpaired) electrons. The topological polar surface area (TPSA) is 29.9 Å². The Bertz CT molecular complexity index is 590. The molecule has 0 bridgehead atoms. The molecule has 0 saturated carbocycles. The van der Waals surface area contributed by atoms with Gasteiger partial charge in [0.05, 0.1) is 11.4 Å². The van der Waals surface area contributed by atoms with E-state index in [1.165, 1.54) is 11.3 Å². The summed E-state index contributed by atoms with van der Waals surface area (Å²) in [6.45, 7) is 8.46. The standard InChI is InChI=1S/C17H24BrN3/c1-4-9-19-12-13-7-8-17(16(18)10-13)21-15(6-3)11-14(5-2)20-21/h7-8,10-11,19H,4-6,9,12H2,1-3H3. The normalized spacial score (nSPS) is 11.0. The van der Waals surface area contributed by atoms with E-state index in [0.717, 1.165) is 48.2 Å². The lowest BCUT2D eigenvalue weighted by Gasteiger charge is -2.11. The van der Waals surface area contributed by atoms with Crippen LogP contribution in [-0.4, -0.2) is 16.3 Å². The smallest absolute Gasteiger partial charge is 0.0791 e. The van der Waals surface area contributed by atoms with Crippen molar-refractivity contribution in [1.82, 2.24) is 15.1 Å². The van der Waals surface area contributed by atoms with Crippen LogP contribution in [0.25, 0.3) is 5.69 Å². The first-order chi connectivity index (χ1) is 10.2. The van der Waals surface area contributed by atoms with Crippen LogP contribution >= 0.6 is 15.9 Å². The van der Waals surface area contributed by atoms with Crippen LogP contribution in [0.15, 0.2) is 28.7 Å². The Hall–Kier alpha value is -1.13. The third kappa shape index (κ3) is 3.95. The SMILES string of the molecule is CCCNCc1ccc(-n2nc(CC)cc2CC)c(Br)c1. The Morgan fingerprint density at radius 2 is 1.95 bits per heavy atom. The van der Waals surface area contributed by atoms with Crippen LogP contribution in [0.4, 0.5) is 0 Å². The first-order valence-electron chi connectivity index (χ1n) is 7.76. The van der Waals surface area contributed by atoms with Gasteiger partial charge < -0.3 is 5.32 Å². The van der Waals surface area contributed by atoms with Crippen LogP contribution < -0.4 is 5.32 Å². The summed E-state index contributed by atoms with van der Waals surface area (Å²) in [5, 5.41) is 8.14. The van der Waals surface area contributed by atoms with Gasteiger partial charge in [-0.05, 0) is 65.5 Å². The molecular weight excluding hydrogens is 326 g/mol. The molecular formula is C17H24BrN3. The van der Waals surface area contributed by atoms with Gasteiger partial charge in [-0.3, -0.25) is 0 Å². The quantitative estimate of drug-likeness (QED) is 0.756. The van der Waals surface area contributed by atoms with Gasteiger partial charge in [0.2, 0.25) is 0 Å². The summed E-state index contributed by atoms with van der Waals surface area (Å²) in [7, 11) is 0. The van der Waals surface area contributed by atoms with E-state index in [4.69, 9.17) is 5.10 Å². The van der Waals surface area contributed by atoms with Crippen LogP contribution in [0, 0.1) is 0 Å². The molecule has 3 nitrogen and oxygen atoms in total. The third-order valence-corrected chi connectivity index (χ3v) is 4.19. The lowest BCUT2D eigenvalue weighted by molar-refractivity contribution is 0.675. The molecule has 2 rings (SSSR count).